The Labute approximate surface area is 274 Å². The van der Waals surface area contributed by atoms with E-state index in [0.717, 1.165) is 25.7 Å². The van der Waals surface area contributed by atoms with E-state index in [1.165, 1.54) is 34.5 Å². The van der Waals surface area contributed by atoms with E-state index in [-0.39, 0.29) is 34.6 Å². The van der Waals surface area contributed by atoms with E-state index in [9.17, 15) is 9.59 Å². The molecular weight excluding hydrogens is 615 g/mol. The molecule has 246 valence electrons. The predicted octanol–water partition coefficient (Wildman–Crippen LogP) is 5.96. The fourth-order valence-corrected chi connectivity index (χ4v) is 8.52. The fourth-order valence-electron chi connectivity index (χ4n) is 6.90. The summed E-state index contributed by atoms with van der Waals surface area (Å²) in [5, 5.41) is 8.25. The summed E-state index contributed by atoms with van der Waals surface area (Å²) in [6, 6.07) is 3.71. The molecule has 1 aromatic carbocycles. The van der Waals surface area contributed by atoms with E-state index < -0.39 is 30.4 Å². The summed E-state index contributed by atoms with van der Waals surface area (Å²) in [6.45, 7) is 14.3. The summed E-state index contributed by atoms with van der Waals surface area (Å²) >= 11 is 2.74. The molecule has 2 N–H and O–H groups in total. The zero-order valence-electron chi connectivity index (χ0n) is 27.5. The Bertz CT molecular complexity index is 1420. The Balaban J connectivity index is 1.52. The lowest BCUT2D eigenvalue weighted by Crippen LogP contribution is -2.65. The first-order valence-corrected chi connectivity index (χ1v) is 17.7. The Morgan fingerprint density at radius 1 is 1.24 bits per heavy atom. The topological polar surface area (TPSA) is 137 Å². The van der Waals surface area contributed by atoms with Crippen molar-refractivity contribution in [3.05, 3.63) is 29.6 Å². The molecular formula is C31H45BN4O7S2. The molecule has 3 saturated carbocycles. The maximum Gasteiger partial charge on any atom is 0.514 e. The minimum atomic E-state index is -0.913. The molecule has 0 spiro atoms. The zero-order valence-corrected chi connectivity index (χ0v) is 29.1. The van der Waals surface area contributed by atoms with Gasteiger partial charge in [0.1, 0.15) is 17.5 Å². The summed E-state index contributed by atoms with van der Waals surface area (Å²) in [4.78, 5) is 27.2. The van der Waals surface area contributed by atoms with Crippen LogP contribution in [0.15, 0.2) is 28.5 Å². The van der Waals surface area contributed by atoms with Crippen molar-refractivity contribution in [1.82, 2.24) is 14.9 Å². The number of nitrogens with two attached hydrogens (primary N) is 1. The SMILES string of the molecule is CCCCOC(=O)c1c(SC)ccc(C[C@H](Sc2nncn2N)B2OC3CC4CC(C4(C)C)[C@]3(C)O2)c1OC(=O)OC(C)(C)C. The molecule has 2 bridgehead atoms. The van der Waals surface area contributed by atoms with Gasteiger partial charge in [0.2, 0.25) is 5.16 Å². The first-order valence-electron chi connectivity index (χ1n) is 15.6. The monoisotopic (exact) mass is 660 g/mol. The number of nitrogen functional groups attached to an aromatic ring is 1. The van der Waals surface area contributed by atoms with Gasteiger partial charge in [-0.15, -0.1) is 22.0 Å². The van der Waals surface area contributed by atoms with Crippen LogP contribution in [0, 0.1) is 17.3 Å². The van der Waals surface area contributed by atoms with Crippen LogP contribution in [0.2, 0.25) is 0 Å². The summed E-state index contributed by atoms with van der Waals surface area (Å²) in [6.07, 6.45) is 6.28. The van der Waals surface area contributed by atoms with Crippen molar-refractivity contribution in [1.29, 1.82) is 0 Å². The third kappa shape index (κ3) is 6.84. The van der Waals surface area contributed by atoms with Crippen molar-refractivity contribution in [2.24, 2.45) is 17.3 Å². The normalized spacial score (nSPS) is 25.7. The molecule has 4 aliphatic rings. The molecule has 1 saturated heterocycles. The molecule has 4 fully saturated rings. The highest BCUT2D eigenvalue weighted by Gasteiger charge is 2.68. The molecule has 3 aliphatic carbocycles. The van der Waals surface area contributed by atoms with Crippen LogP contribution in [0.5, 0.6) is 5.75 Å². The number of benzene rings is 1. The third-order valence-electron chi connectivity index (χ3n) is 9.42. The highest BCUT2D eigenvalue weighted by Crippen LogP contribution is 2.66. The van der Waals surface area contributed by atoms with Crippen LogP contribution in [0.25, 0.3) is 0 Å². The molecule has 1 aromatic heterocycles. The quantitative estimate of drug-likeness (QED) is 0.0761. The number of carbonyl (C=O) groups excluding carboxylic acids is 2. The van der Waals surface area contributed by atoms with Crippen molar-refractivity contribution < 1.29 is 33.1 Å². The number of aromatic nitrogens is 3. The predicted molar refractivity (Wildman–Crippen MR) is 174 cm³/mol. The molecule has 45 heavy (non-hydrogen) atoms. The van der Waals surface area contributed by atoms with Crippen molar-refractivity contribution in [2.75, 3.05) is 18.7 Å². The number of rotatable bonds is 11. The first-order chi connectivity index (χ1) is 21.2. The van der Waals surface area contributed by atoms with Gasteiger partial charge in [0.15, 0.2) is 5.75 Å². The second-order valence-electron chi connectivity index (χ2n) is 13.9. The first kappa shape index (κ1) is 33.9. The Hall–Kier alpha value is -2.42. The number of unbranched alkanes of at least 4 members (excludes halogenated alkanes) is 1. The van der Waals surface area contributed by atoms with Crippen LogP contribution in [-0.2, 0) is 25.2 Å². The lowest BCUT2D eigenvalue weighted by Gasteiger charge is -2.64. The number of esters is 1. The number of nitrogens with zero attached hydrogens (tertiary/aromatic N) is 3. The van der Waals surface area contributed by atoms with E-state index in [1.807, 2.05) is 25.3 Å². The summed E-state index contributed by atoms with van der Waals surface area (Å²) in [5.41, 5.74) is -0.280. The molecule has 14 heteroatoms. The second kappa shape index (κ2) is 13.0. The Morgan fingerprint density at radius 3 is 2.62 bits per heavy atom. The average molecular weight is 661 g/mol. The minimum Gasteiger partial charge on any atom is -0.462 e. The Morgan fingerprint density at radius 2 is 2.00 bits per heavy atom. The van der Waals surface area contributed by atoms with Gasteiger partial charge in [0.25, 0.3) is 0 Å². The van der Waals surface area contributed by atoms with Gasteiger partial charge in [-0.3, -0.25) is 0 Å². The highest BCUT2D eigenvalue weighted by atomic mass is 32.2. The molecule has 2 aromatic rings. The maximum absolute atomic E-state index is 13.5. The third-order valence-corrected chi connectivity index (χ3v) is 11.4. The van der Waals surface area contributed by atoms with Crippen LogP contribution in [0.1, 0.15) is 90.1 Å². The maximum atomic E-state index is 13.5. The molecule has 5 atom stereocenters. The van der Waals surface area contributed by atoms with Gasteiger partial charge in [0, 0.05) is 4.90 Å². The molecule has 0 radical (unpaired) electrons. The lowest BCUT2D eigenvalue weighted by molar-refractivity contribution is -0.199. The molecule has 6 rings (SSSR count). The van der Waals surface area contributed by atoms with E-state index in [1.54, 1.807) is 20.8 Å². The molecule has 11 nitrogen and oxygen atoms in total. The average Bonchev–Trinajstić information content (AvgIpc) is 3.53. The largest absolute Gasteiger partial charge is 0.514 e. The van der Waals surface area contributed by atoms with E-state index >= 15 is 0 Å². The smallest absolute Gasteiger partial charge is 0.462 e. The number of ether oxygens (including phenoxy) is 3. The van der Waals surface area contributed by atoms with Crippen molar-refractivity contribution in [2.45, 2.75) is 113 Å². The van der Waals surface area contributed by atoms with Crippen LogP contribution in [-0.4, -0.2) is 69.4 Å². The number of thioether (sulfide) groups is 2. The van der Waals surface area contributed by atoms with Gasteiger partial charge >= 0.3 is 19.2 Å². The van der Waals surface area contributed by atoms with Crippen LogP contribution in [0.4, 0.5) is 4.79 Å². The van der Waals surface area contributed by atoms with Crippen molar-refractivity contribution in [3.8, 4) is 5.75 Å². The van der Waals surface area contributed by atoms with Gasteiger partial charge < -0.3 is 29.4 Å². The van der Waals surface area contributed by atoms with E-state index in [4.69, 9.17) is 29.4 Å². The van der Waals surface area contributed by atoms with Gasteiger partial charge in [-0.05, 0) is 88.5 Å². The van der Waals surface area contributed by atoms with Crippen LogP contribution in [0.3, 0.4) is 0 Å². The van der Waals surface area contributed by atoms with Crippen LogP contribution >= 0.6 is 23.5 Å². The minimum absolute atomic E-state index is 0.0430. The molecule has 1 aliphatic heterocycles. The van der Waals surface area contributed by atoms with Gasteiger partial charge in [0.05, 0.1) is 23.5 Å². The van der Waals surface area contributed by atoms with Crippen molar-refractivity contribution >= 4 is 42.8 Å². The van der Waals surface area contributed by atoms with E-state index in [2.05, 4.69) is 31.0 Å². The Kier molecular flexibility index (Phi) is 9.80. The summed E-state index contributed by atoms with van der Waals surface area (Å²) in [7, 11) is -0.619. The number of hydrogen-bond acceptors (Lipinski definition) is 12. The van der Waals surface area contributed by atoms with Crippen molar-refractivity contribution in [3.63, 3.8) is 0 Å². The van der Waals surface area contributed by atoms with Gasteiger partial charge in [-0.25, -0.2) is 14.3 Å². The standard InChI is InChI=1S/C31H45BN4O7S2/c1-9-10-13-39-26(37)24-20(44-8)12-11-18(25(24)40-28(38)41-29(2,3)4)14-23(45-27-35-34-17-36(27)33)32-42-22-16-19-15-21(30(19,5)6)31(22,7)43-32/h11-12,17,19,21-23H,9-10,13-16,33H2,1-8H3/t19?,21?,22?,23-,31-/m0/s1. The zero-order chi connectivity index (χ0) is 32.7. The van der Waals surface area contributed by atoms with Crippen LogP contribution < -0.4 is 10.6 Å². The highest BCUT2D eigenvalue weighted by molar-refractivity contribution is 8.01. The number of hydrogen-bond donors (Lipinski definition) is 1. The summed E-state index contributed by atoms with van der Waals surface area (Å²) in [5.74, 6) is 6.65. The summed E-state index contributed by atoms with van der Waals surface area (Å²) < 4.78 is 31.9. The van der Waals surface area contributed by atoms with Gasteiger partial charge in [-0.2, -0.15) is 0 Å². The number of carbonyl (C=O) groups is 2. The molecule has 0 amide bonds. The van der Waals surface area contributed by atoms with E-state index in [0.29, 0.717) is 33.9 Å². The fraction of sp³-hybridized carbons (Fsp3) is 0.677. The molecule has 3 unspecified atom stereocenters. The van der Waals surface area contributed by atoms with Gasteiger partial charge in [-0.1, -0.05) is 45.0 Å². The second-order valence-corrected chi connectivity index (χ2v) is 16.0. The lowest BCUT2D eigenvalue weighted by atomic mass is 9.43. The molecule has 2 heterocycles.